The maximum absolute atomic E-state index is 12.2. The third-order valence-electron chi connectivity index (χ3n) is 4.03. The molecule has 1 fully saturated rings. The van der Waals surface area contributed by atoms with Crippen molar-refractivity contribution in [3.05, 3.63) is 22.4 Å². The van der Waals surface area contributed by atoms with Gasteiger partial charge in [-0.15, -0.1) is 23.7 Å². The van der Waals surface area contributed by atoms with Crippen molar-refractivity contribution < 1.29 is 9.59 Å². The van der Waals surface area contributed by atoms with Crippen molar-refractivity contribution in [2.24, 2.45) is 11.7 Å². The van der Waals surface area contributed by atoms with Crippen LogP contribution in [0, 0.1) is 5.92 Å². The molecule has 2 rings (SSSR count). The highest BCUT2D eigenvalue weighted by atomic mass is 35.5. The molecule has 0 aliphatic heterocycles. The third kappa shape index (κ3) is 4.97. The van der Waals surface area contributed by atoms with E-state index in [9.17, 15) is 9.59 Å². The normalized spacial score (nSPS) is 24.2. The molecule has 1 aliphatic rings. The zero-order valence-electron chi connectivity index (χ0n) is 12.8. The molecule has 22 heavy (non-hydrogen) atoms. The van der Waals surface area contributed by atoms with Gasteiger partial charge in [-0.3, -0.25) is 9.59 Å². The summed E-state index contributed by atoms with van der Waals surface area (Å²) in [6, 6.07) is 3.62. The molecule has 1 saturated carbocycles. The number of hydrogen-bond acceptors (Lipinski definition) is 4. The third-order valence-corrected chi connectivity index (χ3v) is 4.89. The standard InChI is InChI=1S/C15H23N3O2S.ClH/c1-15(16)7-3-2-5-11(15)13(19)17-8-9-18-14(20)12-6-4-10-21-12;/h4,6,10-11H,2-3,5,7-9,16H2,1H3,(H,17,19)(H,18,20);1H. The second-order valence-corrected chi connectivity index (χ2v) is 6.78. The number of thiophene rings is 1. The molecule has 2 amide bonds. The summed E-state index contributed by atoms with van der Waals surface area (Å²) in [6.07, 6.45) is 3.88. The first-order valence-electron chi connectivity index (χ1n) is 7.39. The molecule has 5 nitrogen and oxygen atoms in total. The van der Waals surface area contributed by atoms with Gasteiger partial charge in [0, 0.05) is 18.6 Å². The molecule has 7 heteroatoms. The first-order chi connectivity index (χ1) is 10.0. The highest BCUT2D eigenvalue weighted by molar-refractivity contribution is 7.12. The fourth-order valence-electron chi connectivity index (χ4n) is 2.77. The first kappa shape index (κ1) is 18.9. The summed E-state index contributed by atoms with van der Waals surface area (Å²) < 4.78 is 0. The second-order valence-electron chi connectivity index (χ2n) is 5.83. The Labute approximate surface area is 141 Å². The van der Waals surface area contributed by atoms with Gasteiger partial charge in [-0.2, -0.15) is 0 Å². The first-order valence-corrected chi connectivity index (χ1v) is 8.27. The topological polar surface area (TPSA) is 84.2 Å². The van der Waals surface area contributed by atoms with E-state index in [1.165, 1.54) is 11.3 Å². The highest BCUT2D eigenvalue weighted by Gasteiger charge is 2.37. The molecule has 4 N–H and O–H groups in total. The van der Waals surface area contributed by atoms with Crippen LogP contribution in [0.25, 0.3) is 0 Å². The zero-order chi connectivity index (χ0) is 15.3. The predicted molar refractivity (Wildman–Crippen MR) is 91.5 cm³/mol. The summed E-state index contributed by atoms with van der Waals surface area (Å²) in [7, 11) is 0. The van der Waals surface area contributed by atoms with E-state index in [0.717, 1.165) is 25.7 Å². The molecule has 2 unspecified atom stereocenters. The molecule has 124 valence electrons. The summed E-state index contributed by atoms with van der Waals surface area (Å²) in [6.45, 7) is 2.81. The number of halogens is 1. The van der Waals surface area contributed by atoms with Crippen molar-refractivity contribution in [3.63, 3.8) is 0 Å². The van der Waals surface area contributed by atoms with Gasteiger partial charge >= 0.3 is 0 Å². The molecule has 1 aromatic rings. The average molecular weight is 346 g/mol. The van der Waals surface area contributed by atoms with Crippen LogP contribution in [-0.4, -0.2) is 30.4 Å². The van der Waals surface area contributed by atoms with Crippen LogP contribution in [0.4, 0.5) is 0 Å². The van der Waals surface area contributed by atoms with Gasteiger partial charge in [0.15, 0.2) is 0 Å². The summed E-state index contributed by atoms with van der Waals surface area (Å²) in [5.41, 5.74) is 5.80. The number of nitrogens with one attached hydrogen (secondary N) is 2. The van der Waals surface area contributed by atoms with Crippen molar-refractivity contribution >= 4 is 35.6 Å². The minimum absolute atomic E-state index is 0. The van der Waals surface area contributed by atoms with Crippen molar-refractivity contribution in [1.29, 1.82) is 0 Å². The minimum Gasteiger partial charge on any atom is -0.354 e. The van der Waals surface area contributed by atoms with Crippen LogP contribution >= 0.6 is 23.7 Å². The number of amides is 2. The van der Waals surface area contributed by atoms with Gasteiger partial charge in [0.1, 0.15) is 0 Å². The van der Waals surface area contributed by atoms with Gasteiger partial charge < -0.3 is 16.4 Å². The second kappa shape index (κ2) is 8.50. The van der Waals surface area contributed by atoms with Crippen molar-refractivity contribution in [2.45, 2.75) is 38.1 Å². The fraction of sp³-hybridized carbons (Fsp3) is 0.600. The van der Waals surface area contributed by atoms with E-state index in [0.29, 0.717) is 18.0 Å². The van der Waals surface area contributed by atoms with E-state index in [4.69, 9.17) is 5.73 Å². The lowest BCUT2D eigenvalue weighted by molar-refractivity contribution is -0.128. The van der Waals surface area contributed by atoms with Crippen molar-refractivity contribution in [3.8, 4) is 0 Å². The van der Waals surface area contributed by atoms with Crippen LogP contribution in [0.5, 0.6) is 0 Å². The Morgan fingerprint density at radius 2 is 2.09 bits per heavy atom. The van der Waals surface area contributed by atoms with Gasteiger partial charge in [0.2, 0.25) is 5.91 Å². The van der Waals surface area contributed by atoms with Crippen LogP contribution < -0.4 is 16.4 Å². The van der Waals surface area contributed by atoms with E-state index < -0.39 is 5.54 Å². The van der Waals surface area contributed by atoms with Crippen LogP contribution in [0.15, 0.2) is 17.5 Å². The van der Waals surface area contributed by atoms with Crippen LogP contribution in [0.2, 0.25) is 0 Å². The Kier molecular flexibility index (Phi) is 7.32. The van der Waals surface area contributed by atoms with E-state index in [2.05, 4.69) is 10.6 Å². The number of carbonyl (C=O) groups is 2. The zero-order valence-corrected chi connectivity index (χ0v) is 14.4. The van der Waals surface area contributed by atoms with Gasteiger partial charge in [-0.05, 0) is 31.2 Å². The molecule has 2 atom stereocenters. The van der Waals surface area contributed by atoms with E-state index in [-0.39, 0.29) is 30.1 Å². The van der Waals surface area contributed by atoms with E-state index >= 15 is 0 Å². The number of carbonyl (C=O) groups excluding carboxylic acids is 2. The van der Waals surface area contributed by atoms with Gasteiger partial charge in [0.25, 0.3) is 5.91 Å². The smallest absolute Gasteiger partial charge is 0.261 e. The summed E-state index contributed by atoms with van der Waals surface area (Å²) in [4.78, 5) is 24.6. The predicted octanol–water partition coefficient (Wildman–Crippen LogP) is 1.92. The molecular formula is C15H24ClN3O2S. The molecule has 0 spiro atoms. The Morgan fingerprint density at radius 3 is 2.73 bits per heavy atom. The molecule has 0 saturated heterocycles. The van der Waals surface area contributed by atoms with Gasteiger partial charge in [-0.1, -0.05) is 18.9 Å². The molecule has 1 aromatic heterocycles. The summed E-state index contributed by atoms with van der Waals surface area (Å²) in [5, 5.41) is 7.53. The van der Waals surface area contributed by atoms with Crippen LogP contribution in [0.1, 0.15) is 42.3 Å². The van der Waals surface area contributed by atoms with E-state index in [1.54, 1.807) is 6.07 Å². The van der Waals surface area contributed by atoms with Crippen molar-refractivity contribution in [2.75, 3.05) is 13.1 Å². The molecule has 0 radical (unpaired) electrons. The summed E-state index contributed by atoms with van der Waals surface area (Å²) in [5.74, 6) is -0.218. The van der Waals surface area contributed by atoms with E-state index in [1.807, 2.05) is 18.4 Å². The Hall–Kier alpha value is -1.11. The Bertz CT molecular complexity index is 491. The Balaban J connectivity index is 0.00000242. The largest absolute Gasteiger partial charge is 0.354 e. The fourth-order valence-corrected chi connectivity index (χ4v) is 3.41. The molecule has 0 bridgehead atoms. The van der Waals surface area contributed by atoms with Crippen LogP contribution in [0.3, 0.4) is 0 Å². The lowest BCUT2D eigenvalue weighted by Crippen LogP contribution is -2.53. The quantitative estimate of drug-likeness (QED) is 0.713. The number of hydrogen-bond donors (Lipinski definition) is 3. The van der Waals surface area contributed by atoms with Crippen LogP contribution in [-0.2, 0) is 4.79 Å². The highest BCUT2D eigenvalue weighted by Crippen LogP contribution is 2.31. The molecule has 0 aromatic carbocycles. The monoisotopic (exact) mass is 345 g/mol. The number of nitrogens with two attached hydrogens (primary N) is 1. The lowest BCUT2D eigenvalue weighted by Gasteiger charge is -2.37. The molecule has 1 heterocycles. The van der Waals surface area contributed by atoms with Gasteiger partial charge in [0.05, 0.1) is 10.8 Å². The maximum atomic E-state index is 12.2. The summed E-state index contributed by atoms with van der Waals surface area (Å²) >= 11 is 1.40. The molecular weight excluding hydrogens is 322 g/mol. The number of rotatable bonds is 5. The SMILES string of the molecule is CC1(N)CCCCC1C(=O)NCCNC(=O)c1cccs1.Cl. The van der Waals surface area contributed by atoms with Gasteiger partial charge in [-0.25, -0.2) is 0 Å². The Morgan fingerprint density at radius 1 is 1.36 bits per heavy atom. The maximum Gasteiger partial charge on any atom is 0.261 e. The molecule has 1 aliphatic carbocycles. The minimum atomic E-state index is -0.414. The van der Waals surface area contributed by atoms with Crippen molar-refractivity contribution in [1.82, 2.24) is 10.6 Å². The lowest BCUT2D eigenvalue weighted by atomic mass is 9.74. The average Bonchev–Trinajstić information content (AvgIpc) is 2.96.